The predicted molar refractivity (Wildman–Crippen MR) is 91.3 cm³/mol. The maximum atomic E-state index is 12.3. The Kier molecular flexibility index (Phi) is 4.61. The number of nitro groups is 1. The van der Waals surface area contributed by atoms with Crippen molar-refractivity contribution in [2.24, 2.45) is 0 Å². The van der Waals surface area contributed by atoms with E-state index >= 15 is 0 Å². The summed E-state index contributed by atoms with van der Waals surface area (Å²) in [5.41, 5.74) is 0.682. The van der Waals surface area contributed by atoms with Crippen LogP contribution < -0.4 is 10.1 Å². The number of carbonyl (C=O) groups excluding carboxylic acids is 1. The molecular weight excluding hydrogens is 340 g/mol. The smallest absolute Gasteiger partial charge is 0.278 e. The van der Waals surface area contributed by atoms with E-state index in [2.05, 4.69) is 15.5 Å². The van der Waals surface area contributed by atoms with Crippen LogP contribution in [-0.4, -0.2) is 21.0 Å². The van der Waals surface area contributed by atoms with Gasteiger partial charge in [0.25, 0.3) is 11.6 Å². The summed E-state index contributed by atoms with van der Waals surface area (Å²) in [6.07, 6.45) is 3.05. The maximum Gasteiger partial charge on any atom is 0.278 e. The summed E-state index contributed by atoms with van der Waals surface area (Å²) in [6.45, 7) is 3.39. The number of aromatic nitrogens is 2. The average molecular weight is 354 g/mol. The van der Waals surface area contributed by atoms with Gasteiger partial charge in [-0.05, 0) is 26.0 Å². The molecule has 0 radical (unpaired) electrons. The summed E-state index contributed by atoms with van der Waals surface area (Å²) in [4.78, 5) is 26.9. The van der Waals surface area contributed by atoms with Crippen LogP contribution in [0.5, 0.6) is 11.5 Å². The molecule has 3 rings (SSSR count). The van der Waals surface area contributed by atoms with E-state index in [1.165, 1.54) is 24.4 Å². The summed E-state index contributed by atoms with van der Waals surface area (Å²) in [7, 11) is 0. The van der Waals surface area contributed by atoms with Gasteiger partial charge in [-0.2, -0.15) is 0 Å². The maximum absolute atomic E-state index is 12.3. The number of nitro benzene ring substituents is 1. The van der Waals surface area contributed by atoms with Gasteiger partial charge in [0.2, 0.25) is 0 Å². The van der Waals surface area contributed by atoms with Crippen LogP contribution in [0.15, 0.2) is 47.2 Å². The van der Waals surface area contributed by atoms with E-state index in [1.807, 2.05) is 0 Å². The first-order valence-electron chi connectivity index (χ1n) is 7.55. The van der Waals surface area contributed by atoms with Gasteiger partial charge in [0.05, 0.1) is 22.9 Å². The Morgan fingerprint density at radius 1 is 1.27 bits per heavy atom. The van der Waals surface area contributed by atoms with Crippen LogP contribution in [0.2, 0.25) is 0 Å². The largest absolute Gasteiger partial charge is 0.455 e. The Labute approximate surface area is 147 Å². The number of non-ortho nitro benzene ring substituents is 1. The van der Waals surface area contributed by atoms with Gasteiger partial charge >= 0.3 is 0 Å². The molecule has 1 amide bonds. The molecule has 0 fully saturated rings. The highest BCUT2D eigenvalue weighted by Gasteiger charge is 2.18. The van der Waals surface area contributed by atoms with Crippen molar-refractivity contribution in [1.82, 2.24) is 10.1 Å². The summed E-state index contributed by atoms with van der Waals surface area (Å²) < 4.78 is 10.5. The monoisotopic (exact) mass is 354 g/mol. The molecule has 0 aliphatic rings. The van der Waals surface area contributed by atoms with Crippen LogP contribution in [0.4, 0.5) is 11.4 Å². The van der Waals surface area contributed by atoms with E-state index in [1.54, 1.807) is 32.2 Å². The van der Waals surface area contributed by atoms with E-state index in [-0.39, 0.29) is 22.8 Å². The van der Waals surface area contributed by atoms with Crippen molar-refractivity contribution in [3.8, 4) is 11.5 Å². The zero-order chi connectivity index (χ0) is 18.7. The number of pyridine rings is 1. The van der Waals surface area contributed by atoms with Crippen molar-refractivity contribution in [3.63, 3.8) is 0 Å². The lowest BCUT2D eigenvalue weighted by Crippen LogP contribution is -2.13. The minimum atomic E-state index is -0.572. The minimum absolute atomic E-state index is 0.115. The van der Waals surface area contributed by atoms with Gasteiger partial charge < -0.3 is 14.6 Å². The molecule has 0 aliphatic heterocycles. The second-order valence-electron chi connectivity index (χ2n) is 5.43. The highest BCUT2D eigenvalue weighted by Crippen LogP contribution is 2.29. The molecule has 0 unspecified atom stereocenters. The molecular formula is C17H14N4O5. The first-order valence-corrected chi connectivity index (χ1v) is 7.55. The molecule has 1 N–H and O–H groups in total. The second kappa shape index (κ2) is 7.01. The Balaban J connectivity index is 1.89. The van der Waals surface area contributed by atoms with Gasteiger partial charge in [-0.1, -0.05) is 5.16 Å². The summed E-state index contributed by atoms with van der Waals surface area (Å²) in [6, 6.07) is 7.29. The van der Waals surface area contributed by atoms with Gasteiger partial charge in [0.15, 0.2) is 5.69 Å². The van der Waals surface area contributed by atoms with Crippen LogP contribution in [-0.2, 0) is 0 Å². The van der Waals surface area contributed by atoms with Crippen molar-refractivity contribution in [2.75, 3.05) is 5.32 Å². The zero-order valence-electron chi connectivity index (χ0n) is 13.9. The lowest BCUT2D eigenvalue weighted by molar-refractivity contribution is -0.384. The number of nitrogens with one attached hydrogen (secondary N) is 1. The number of nitrogens with zero attached hydrogens (tertiary/aromatic N) is 3. The number of hydrogen-bond acceptors (Lipinski definition) is 7. The number of benzene rings is 1. The fourth-order valence-electron chi connectivity index (χ4n) is 2.18. The molecule has 1 aromatic carbocycles. The van der Waals surface area contributed by atoms with Gasteiger partial charge in [0, 0.05) is 23.9 Å². The molecule has 2 aromatic heterocycles. The minimum Gasteiger partial charge on any atom is -0.455 e. The first kappa shape index (κ1) is 17.1. The lowest BCUT2D eigenvalue weighted by Gasteiger charge is -2.08. The Bertz CT molecular complexity index is 969. The number of aryl methyl sites for hydroxylation is 1. The van der Waals surface area contributed by atoms with Gasteiger partial charge in [-0.25, -0.2) is 0 Å². The van der Waals surface area contributed by atoms with E-state index in [0.29, 0.717) is 17.1 Å². The quantitative estimate of drug-likeness (QED) is 0.548. The fourth-order valence-corrected chi connectivity index (χ4v) is 2.18. The molecule has 0 bridgehead atoms. The van der Waals surface area contributed by atoms with Gasteiger partial charge in [0.1, 0.15) is 17.3 Å². The number of carbonyl (C=O) groups is 1. The normalized spacial score (nSPS) is 10.4. The molecule has 0 spiro atoms. The highest BCUT2D eigenvalue weighted by molar-refractivity contribution is 6.04. The molecule has 3 aromatic rings. The second-order valence-corrected chi connectivity index (χ2v) is 5.43. The number of ether oxygens (including phenoxy) is 1. The molecule has 0 saturated heterocycles. The highest BCUT2D eigenvalue weighted by atomic mass is 16.6. The van der Waals surface area contributed by atoms with Crippen LogP contribution in [0, 0.1) is 24.0 Å². The van der Waals surface area contributed by atoms with Crippen LogP contribution in [0.1, 0.15) is 21.8 Å². The van der Waals surface area contributed by atoms with E-state index in [0.717, 1.165) is 0 Å². The van der Waals surface area contributed by atoms with Crippen molar-refractivity contribution in [3.05, 3.63) is 69.9 Å². The Hall–Kier alpha value is -3.75. The summed E-state index contributed by atoms with van der Waals surface area (Å²) >= 11 is 0. The Morgan fingerprint density at radius 2 is 2.08 bits per heavy atom. The lowest BCUT2D eigenvalue weighted by atomic mass is 10.2. The number of amides is 1. The van der Waals surface area contributed by atoms with Gasteiger partial charge in [-0.15, -0.1) is 0 Å². The van der Waals surface area contributed by atoms with Crippen LogP contribution in [0.25, 0.3) is 0 Å². The fraction of sp³-hybridized carbons (Fsp3) is 0.118. The van der Waals surface area contributed by atoms with Crippen molar-refractivity contribution in [2.45, 2.75) is 13.8 Å². The van der Waals surface area contributed by atoms with Crippen molar-refractivity contribution >= 4 is 17.3 Å². The summed E-state index contributed by atoms with van der Waals surface area (Å²) in [5, 5.41) is 17.4. The predicted octanol–water partition coefficient (Wildman–Crippen LogP) is 3.64. The number of rotatable bonds is 5. The molecule has 0 saturated carbocycles. The molecule has 9 heteroatoms. The van der Waals surface area contributed by atoms with Gasteiger partial charge in [-0.3, -0.25) is 19.9 Å². The van der Waals surface area contributed by atoms with E-state index in [4.69, 9.17) is 9.26 Å². The van der Waals surface area contributed by atoms with Crippen molar-refractivity contribution < 1.29 is 19.0 Å². The third kappa shape index (κ3) is 3.66. The number of hydrogen-bond donors (Lipinski definition) is 1. The average Bonchev–Trinajstić information content (AvgIpc) is 2.95. The molecule has 0 atom stereocenters. The van der Waals surface area contributed by atoms with E-state index in [9.17, 15) is 14.9 Å². The molecule has 26 heavy (non-hydrogen) atoms. The third-order valence-electron chi connectivity index (χ3n) is 3.60. The molecule has 0 aliphatic carbocycles. The van der Waals surface area contributed by atoms with Crippen molar-refractivity contribution in [1.29, 1.82) is 0 Å². The molecule has 132 valence electrons. The Morgan fingerprint density at radius 3 is 2.69 bits per heavy atom. The number of anilines is 1. The van der Waals surface area contributed by atoms with Crippen LogP contribution in [0.3, 0.4) is 0 Å². The summed E-state index contributed by atoms with van der Waals surface area (Å²) in [5.74, 6) is 0.589. The molecule has 2 heterocycles. The first-order chi connectivity index (χ1) is 12.4. The standard InChI is InChI=1S/C17H14N4O5/c1-10-11(2)26-20-16(10)17(22)19-12-6-13(21(23)24)8-15(7-12)25-14-4-3-5-18-9-14/h3-9H,1-2H3,(H,19,22). The zero-order valence-corrected chi connectivity index (χ0v) is 13.9. The topological polar surface area (TPSA) is 120 Å². The SMILES string of the molecule is Cc1onc(C(=O)Nc2cc(Oc3cccnc3)cc([N+](=O)[O-])c2)c1C. The molecule has 9 nitrogen and oxygen atoms in total. The third-order valence-corrected chi connectivity index (χ3v) is 3.60. The van der Waals surface area contributed by atoms with Crippen LogP contribution >= 0.6 is 0 Å². The van der Waals surface area contributed by atoms with E-state index < -0.39 is 10.8 Å².